The first-order valence-electron chi connectivity index (χ1n) is 7.18. The van der Waals surface area contributed by atoms with Crippen LogP contribution in [0.3, 0.4) is 0 Å². The molecule has 0 saturated carbocycles. The second-order valence-corrected chi connectivity index (χ2v) is 4.84. The average Bonchev–Trinajstić information content (AvgIpc) is 2.52. The predicted molar refractivity (Wildman–Crippen MR) is 85.3 cm³/mol. The Morgan fingerprint density at radius 1 is 1.14 bits per heavy atom. The lowest BCUT2D eigenvalue weighted by Crippen LogP contribution is -2.13. The fourth-order valence-corrected chi connectivity index (χ4v) is 1.91. The molecule has 0 radical (unpaired) electrons. The molecule has 0 saturated heterocycles. The Morgan fingerprint density at radius 3 is 2.55 bits per heavy atom. The Morgan fingerprint density at radius 2 is 1.86 bits per heavy atom. The Bertz CT molecular complexity index is 612. The van der Waals surface area contributed by atoms with Crippen molar-refractivity contribution in [3.05, 3.63) is 48.2 Å². The number of anilines is 1. The Hall–Kier alpha value is -2.56. The van der Waals surface area contributed by atoms with Gasteiger partial charge in [-0.25, -0.2) is 4.98 Å². The number of ether oxygens (including phenoxy) is 2. The van der Waals surface area contributed by atoms with Gasteiger partial charge in [-0.15, -0.1) is 0 Å². The average molecular weight is 300 g/mol. The van der Waals surface area contributed by atoms with Crippen molar-refractivity contribution in [2.24, 2.45) is 0 Å². The van der Waals surface area contributed by atoms with Crippen LogP contribution in [0.15, 0.2) is 42.5 Å². The van der Waals surface area contributed by atoms with Gasteiger partial charge >= 0.3 is 0 Å². The first-order valence-corrected chi connectivity index (χ1v) is 7.18. The van der Waals surface area contributed by atoms with Gasteiger partial charge in [0.2, 0.25) is 5.91 Å². The van der Waals surface area contributed by atoms with Crippen molar-refractivity contribution in [2.75, 3.05) is 19.0 Å². The molecule has 0 aliphatic rings. The largest absolute Gasteiger partial charge is 0.497 e. The molecule has 0 aliphatic carbocycles. The van der Waals surface area contributed by atoms with Gasteiger partial charge in [0.05, 0.1) is 13.7 Å². The minimum atomic E-state index is -0.0589. The molecule has 1 aromatic carbocycles. The highest BCUT2D eigenvalue weighted by atomic mass is 16.5. The predicted octanol–water partition coefficient (Wildman–Crippen LogP) is 3.20. The van der Waals surface area contributed by atoms with Gasteiger partial charge in [-0.2, -0.15) is 0 Å². The summed E-state index contributed by atoms with van der Waals surface area (Å²) in [5, 5.41) is 2.77. The number of aryl methyl sites for hydroxylation is 1. The summed E-state index contributed by atoms with van der Waals surface area (Å²) in [4.78, 5) is 16.0. The standard InChI is InChI=1S/C17H20N2O3/c1-13-5-3-6-16(18-13)19-17(20)7-4-12-22-15-10-8-14(21-2)9-11-15/h3,5-6,8-11H,4,7,12H2,1-2H3,(H,18,19,20). The van der Waals surface area contributed by atoms with Crippen LogP contribution in [-0.2, 0) is 4.79 Å². The lowest BCUT2D eigenvalue weighted by atomic mass is 10.3. The number of nitrogens with zero attached hydrogens (tertiary/aromatic N) is 1. The molecule has 0 spiro atoms. The van der Waals surface area contributed by atoms with E-state index in [1.54, 1.807) is 13.2 Å². The molecule has 2 aromatic rings. The van der Waals surface area contributed by atoms with E-state index < -0.39 is 0 Å². The van der Waals surface area contributed by atoms with E-state index in [1.165, 1.54) is 0 Å². The summed E-state index contributed by atoms with van der Waals surface area (Å²) in [6.45, 7) is 2.37. The zero-order valence-electron chi connectivity index (χ0n) is 12.8. The fourth-order valence-electron chi connectivity index (χ4n) is 1.91. The number of hydrogen-bond acceptors (Lipinski definition) is 4. The van der Waals surface area contributed by atoms with E-state index in [2.05, 4.69) is 10.3 Å². The molecule has 2 rings (SSSR count). The van der Waals surface area contributed by atoms with Crippen LogP contribution in [0.1, 0.15) is 18.5 Å². The molecule has 0 unspecified atom stereocenters. The smallest absolute Gasteiger partial charge is 0.225 e. The van der Waals surface area contributed by atoms with Gasteiger partial charge in [-0.1, -0.05) is 6.07 Å². The molecule has 1 amide bonds. The molecule has 0 fully saturated rings. The number of nitrogens with one attached hydrogen (secondary N) is 1. The highest BCUT2D eigenvalue weighted by Crippen LogP contribution is 2.17. The molecule has 5 heteroatoms. The SMILES string of the molecule is COc1ccc(OCCCC(=O)Nc2cccc(C)n2)cc1. The van der Waals surface area contributed by atoms with E-state index >= 15 is 0 Å². The first kappa shape index (κ1) is 15.8. The molecule has 1 heterocycles. The number of methoxy groups -OCH3 is 1. The maximum atomic E-state index is 11.8. The highest BCUT2D eigenvalue weighted by molar-refractivity contribution is 5.89. The van der Waals surface area contributed by atoms with E-state index in [4.69, 9.17) is 9.47 Å². The molecule has 0 atom stereocenters. The van der Waals surface area contributed by atoms with Gasteiger partial charge in [0, 0.05) is 12.1 Å². The van der Waals surface area contributed by atoms with Crippen molar-refractivity contribution in [3.63, 3.8) is 0 Å². The lowest BCUT2D eigenvalue weighted by Gasteiger charge is -2.07. The molecule has 1 N–H and O–H groups in total. The first-order chi connectivity index (χ1) is 10.7. The molecule has 1 aromatic heterocycles. The Kier molecular flexibility index (Phi) is 5.77. The maximum Gasteiger partial charge on any atom is 0.225 e. The Balaban J connectivity index is 1.68. The van der Waals surface area contributed by atoms with Crippen LogP contribution in [0, 0.1) is 6.92 Å². The minimum absolute atomic E-state index is 0.0589. The van der Waals surface area contributed by atoms with Gasteiger partial charge in [-0.05, 0) is 49.7 Å². The van der Waals surface area contributed by atoms with Crippen molar-refractivity contribution in [2.45, 2.75) is 19.8 Å². The number of amides is 1. The van der Waals surface area contributed by atoms with Crippen LogP contribution >= 0.6 is 0 Å². The Labute approximate surface area is 130 Å². The van der Waals surface area contributed by atoms with E-state index in [-0.39, 0.29) is 5.91 Å². The number of hydrogen-bond donors (Lipinski definition) is 1. The van der Waals surface area contributed by atoms with Crippen LogP contribution in [0.5, 0.6) is 11.5 Å². The second-order valence-electron chi connectivity index (χ2n) is 4.84. The van der Waals surface area contributed by atoms with E-state index in [0.717, 1.165) is 17.2 Å². The summed E-state index contributed by atoms with van der Waals surface area (Å²) in [7, 11) is 1.62. The van der Waals surface area contributed by atoms with E-state index in [9.17, 15) is 4.79 Å². The maximum absolute atomic E-state index is 11.8. The zero-order valence-corrected chi connectivity index (χ0v) is 12.8. The van der Waals surface area contributed by atoms with E-state index in [1.807, 2.05) is 43.3 Å². The van der Waals surface area contributed by atoms with Crippen molar-refractivity contribution < 1.29 is 14.3 Å². The molecule has 0 bridgehead atoms. The number of pyridine rings is 1. The third kappa shape index (κ3) is 5.09. The monoisotopic (exact) mass is 300 g/mol. The summed E-state index contributed by atoms with van der Waals surface area (Å²) >= 11 is 0. The van der Waals surface area contributed by atoms with Crippen LogP contribution in [0.4, 0.5) is 5.82 Å². The van der Waals surface area contributed by atoms with Gasteiger partial charge in [0.1, 0.15) is 17.3 Å². The number of carbonyl (C=O) groups is 1. The number of rotatable bonds is 7. The molecular formula is C17H20N2O3. The molecule has 116 valence electrons. The number of carbonyl (C=O) groups excluding carboxylic acids is 1. The zero-order chi connectivity index (χ0) is 15.8. The summed E-state index contributed by atoms with van der Waals surface area (Å²) in [5.41, 5.74) is 0.876. The van der Waals surface area contributed by atoms with Crippen molar-refractivity contribution in [3.8, 4) is 11.5 Å². The van der Waals surface area contributed by atoms with Crippen LogP contribution < -0.4 is 14.8 Å². The van der Waals surface area contributed by atoms with Gasteiger partial charge in [0.25, 0.3) is 0 Å². The van der Waals surface area contributed by atoms with Crippen molar-refractivity contribution in [1.82, 2.24) is 4.98 Å². The summed E-state index contributed by atoms with van der Waals surface area (Å²) in [6.07, 6.45) is 1.04. The molecule has 5 nitrogen and oxygen atoms in total. The summed E-state index contributed by atoms with van der Waals surface area (Å²) in [5.74, 6) is 2.08. The quantitative estimate of drug-likeness (QED) is 0.798. The molecule has 22 heavy (non-hydrogen) atoms. The molecule has 0 aliphatic heterocycles. The molecular weight excluding hydrogens is 280 g/mol. The third-order valence-corrected chi connectivity index (χ3v) is 3.03. The van der Waals surface area contributed by atoms with Crippen LogP contribution in [-0.4, -0.2) is 24.6 Å². The summed E-state index contributed by atoms with van der Waals surface area (Å²) in [6, 6.07) is 12.9. The van der Waals surface area contributed by atoms with E-state index in [0.29, 0.717) is 25.3 Å². The van der Waals surface area contributed by atoms with Crippen molar-refractivity contribution in [1.29, 1.82) is 0 Å². The van der Waals surface area contributed by atoms with Gasteiger partial charge in [0.15, 0.2) is 0 Å². The topological polar surface area (TPSA) is 60.5 Å². The number of aromatic nitrogens is 1. The van der Waals surface area contributed by atoms with Crippen LogP contribution in [0.25, 0.3) is 0 Å². The second kappa shape index (κ2) is 8.02. The highest BCUT2D eigenvalue weighted by Gasteiger charge is 2.04. The number of benzene rings is 1. The van der Waals surface area contributed by atoms with Crippen LogP contribution in [0.2, 0.25) is 0 Å². The van der Waals surface area contributed by atoms with Gasteiger partial charge in [-0.3, -0.25) is 4.79 Å². The fraction of sp³-hybridized carbons (Fsp3) is 0.294. The lowest BCUT2D eigenvalue weighted by molar-refractivity contribution is -0.116. The minimum Gasteiger partial charge on any atom is -0.497 e. The summed E-state index contributed by atoms with van der Waals surface area (Å²) < 4.78 is 10.7. The third-order valence-electron chi connectivity index (χ3n) is 3.03. The normalized spacial score (nSPS) is 10.1. The van der Waals surface area contributed by atoms with Crippen molar-refractivity contribution >= 4 is 11.7 Å². The van der Waals surface area contributed by atoms with Gasteiger partial charge < -0.3 is 14.8 Å².